The zero-order valence-corrected chi connectivity index (χ0v) is 14.9. The molecule has 1 saturated heterocycles. The molecule has 1 rings (SSSR count). The second-order valence-electron chi connectivity index (χ2n) is 6.93. The van der Waals surface area contributed by atoms with E-state index in [4.69, 9.17) is 0 Å². The summed E-state index contributed by atoms with van der Waals surface area (Å²) >= 11 is 0. The number of likely N-dealkylation sites (N-methyl/N-ethyl adjacent to an activating group) is 1. The Labute approximate surface area is 133 Å². The molecule has 0 saturated carbocycles. The van der Waals surface area contributed by atoms with Crippen molar-refractivity contribution in [3.63, 3.8) is 0 Å². The summed E-state index contributed by atoms with van der Waals surface area (Å²) in [5, 5.41) is 2.81. The summed E-state index contributed by atoms with van der Waals surface area (Å²) in [5.41, 5.74) is -0.332. The van der Waals surface area contributed by atoms with E-state index in [1.807, 2.05) is 20.8 Å². The highest BCUT2D eigenvalue weighted by Crippen LogP contribution is 2.20. The van der Waals surface area contributed by atoms with Crippen LogP contribution in [0.2, 0.25) is 0 Å². The van der Waals surface area contributed by atoms with Gasteiger partial charge in [-0.15, -0.1) is 0 Å². The highest BCUT2D eigenvalue weighted by molar-refractivity contribution is 7.88. The van der Waals surface area contributed by atoms with Crippen LogP contribution < -0.4 is 5.32 Å². The van der Waals surface area contributed by atoms with Crippen LogP contribution in [0.4, 0.5) is 0 Å². The zero-order valence-electron chi connectivity index (χ0n) is 14.0. The first-order valence-electron chi connectivity index (χ1n) is 7.41. The number of rotatable bonds is 4. The summed E-state index contributed by atoms with van der Waals surface area (Å²) in [7, 11) is -1.59. The van der Waals surface area contributed by atoms with Gasteiger partial charge in [-0.1, -0.05) is 0 Å². The van der Waals surface area contributed by atoms with Crippen LogP contribution in [0.15, 0.2) is 0 Å². The number of hydrogen-bond acceptors (Lipinski definition) is 4. The lowest BCUT2D eigenvalue weighted by Gasteiger charge is -2.32. The lowest BCUT2D eigenvalue weighted by Crippen LogP contribution is -2.48. The van der Waals surface area contributed by atoms with Crippen molar-refractivity contribution in [3.05, 3.63) is 0 Å². The van der Waals surface area contributed by atoms with Gasteiger partial charge in [0, 0.05) is 31.6 Å². The van der Waals surface area contributed by atoms with E-state index in [0.29, 0.717) is 25.9 Å². The molecule has 0 aliphatic carbocycles. The predicted molar refractivity (Wildman–Crippen MR) is 84.7 cm³/mol. The first kappa shape index (κ1) is 18.9. The van der Waals surface area contributed by atoms with Gasteiger partial charge in [0.05, 0.1) is 12.8 Å². The van der Waals surface area contributed by atoms with Crippen molar-refractivity contribution in [1.82, 2.24) is 14.5 Å². The second kappa shape index (κ2) is 6.95. The van der Waals surface area contributed by atoms with Gasteiger partial charge in [0.15, 0.2) is 0 Å². The summed E-state index contributed by atoms with van der Waals surface area (Å²) in [6, 6.07) is 0. The predicted octanol–water partition coefficient (Wildman–Crippen LogP) is 0.0311. The topological polar surface area (TPSA) is 86.8 Å². The summed E-state index contributed by atoms with van der Waals surface area (Å²) in [6.45, 7) is 6.38. The van der Waals surface area contributed by atoms with Crippen LogP contribution in [0, 0.1) is 5.92 Å². The number of hydrogen-bond donors (Lipinski definition) is 1. The van der Waals surface area contributed by atoms with Crippen molar-refractivity contribution in [2.75, 3.05) is 32.9 Å². The largest absolute Gasteiger partial charge is 0.350 e. The Balaban J connectivity index is 2.50. The minimum Gasteiger partial charge on any atom is -0.350 e. The summed E-state index contributed by atoms with van der Waals surface area (Å²) in [6.07, 6.45) is 2.17. The van der Waals surface area contributed by atoms with Crippen LogP contribution >= 0.6 is 0 Å². The highest BCUT2D eigenvalue weighted by Gasteiger charge is 2.31. The van der Waals surface area contributed by atoms with Gasteiger partial charge < -0.3 is 10.2 Å². The van der Waals surface area contributed by atoms with Crippen molar-refractivity contribution in [1.29, 1.82) is 0 Å². The molecule has 0 aromatic carbocycles. The third-order valence-electron chi connectivity index (χ3n) is 3.54. The molecule has 1 heterocycles. The van der Waals surface area contributed by atoms with Crippen LogP contribution in [0.25, 0.3) is 0 Å². The molecule has 0 aromatic heterocycles. The number of piperidine rings is 1. The van der Waals surface area contributed by atoms with E-state index in [-0.39, 0.29) is 29.8 Å². The van der Waals surface area contributed by atoms with E-state index in [9.17, 15) is 18.0 Å². The third kappa shape index (κ3) is 5.92. The molecular weight excluding hydrogens is 306 g/mol. The SMILES string of the molecule is CN(CC(=O)NC(C)(C)C)C(=O)C1CCN(S(C)(=O)=O)CC1. The normalized spacial score (nSPS) is 18.0. The molecule has 1 N–H and O–H groups in total. The molecule has 0 radical (unpaired) electrons. The van der Waals surface area contributed by atoms with Crippen molar-refractivity contribution < 1.29 is 18.0 Å². The molecule has 8 heteroatoms. The fraction of sp³-hybridized carbons (Fsp3) is 0.857. The van der Waals surface area contributed by atoms with E-state index in [2.05, 4.69) is 5.32 Å². The standard InChI is InChI=1S/C14H27N3O4S/c1-14(2,3)15-12(18)10-16(4)13(19)11-6-8-17(9-7-11)22(5,20)21/h11H,6-10H2,1-5H3,(H,15,18). The van der Waals surface area contributed by atoms with E-state index >= 15 is 0 Å². The smallest absolute Gasteiger partial charge is 0.240 e. The Morgan fingerprint density at radius 3 is 2.14 bits per heavy atom. The molecule has 128 valence electrons. The van der Waals surface area contributed by atoms with Crippen LogP contribution in [0.3, 0.4) is 0 Å². The monoisotopic (exact) mass is 333 g/mol. The first-order valence-corrected chi connectivity index (χ1v) is 9.26. The highest BCUT2D eigenvalue weighted by atomic mass is 32.2. The van der Waals surface area contributed by atoms with E-state index in [1.165, 1.54) is 15.5 Å². The molecule has 1 fully saturated rings. The minimum absolute atomic E-state index is 0.0163. The molecule has 0 spiro atoms. The Bertz CT molecular complexity index is 517. The lowest BCUT2D eigenvalue weighted by atomic mass is 9.96. The van der Waals surface area contributed by atoms with Gasteiger partial charge in [-0.05, 0) is 33.6 Å². The maximum atomic E-state index is 12.3. The van der Waals surface area contributed by atoms with E-state index in [1.54, 1.807) is 7.05 Å². The average molecular weight is 333 g/mol. The Morgan fingerprint density at radius 2 is 1.73 bits per heavy atom. The maximum absolute atomic E-state index is 12.3. The third-order valence-corrected chi connectivity index (χ3v) is 4.85. The van der Waals surface area contributed by atoms with Crippen molar-refractivity contribution >= 4 is 21.8 Å². The fourth-order valence-corrected chi connectivity index (χ4v) is 3.37. The molecule has 2 amide bonds. The molecule has 1 aliphatic heterocycles. The number of nitrogens with one attached hydrogen (secondary N) is 1. The number of nitrogens with zero attached hydrogens (tertiary/aromatic N) is 2. The molecule has 0 aromatic rings. The van der Waals surface area contributed by atoms with Gasteiger partial charge in [-0.3, -0.25) is 9.59 Å². The lowest BCUT2D eigenvalue weighted by molar-refractivity contribution is -0.139. The molecule has 0 bridgehead atoms. The molecule has 0 atom stereocenters. The van der Waals surface area contributed by atoms with Crippen molar-refractivity contribution in [2.24, 2.45) is 5.92 Å². The van der Waals surface area contributed by atoms with Gasteiger partial charge in [0.2, 0.25) is 21.8 Å². The Hall–Kier alpha value is -1.15. The molecule has 7 nitrogen and oxygen atoms in total. The second-order valence-corrected chi connectivity index (χ2v) is 8.91. The van der Waals surface area contributed by atoms with Crippen molar-refractivity contribution in [3.8, 4) is 0 Å². The van der Waals surface area contributed by atoms with E-state index in [0.717, 1.165) is 0 Å². The van der Waals surface area contributed by atoms with E-state index < -0.39 is 10.0 Å². The number of carbonyl (C=O) groups excluding carboxylic acids is 2. The quantitative estimate of drug-likeness (QED) is 0.786. The molecule has 22 heavy (non-hydrogen) atoms. The van der Waals surface area contributed by atoms with Gasteiger partial charge in [0.1, 0.15) is 0 Å². The Kier molecular flexibility index (Phi) is 5.97. The minimum atomic E-state index is -3.19. The van der Waals surface area contributed by atoms with Crippen LogP contribution in [-0.4, -0.2) is 67.9 Å². The summed E-state index contributed by atoms with van der Waals surface area (Å²) in [4.78, 5) is 25.6. The number of amides is 2. The summed E-state index contributed by atoms with van der Waals surface area (Å²) < 4.78 is 24.3. The van der Waals surface area contributed by atoms with Crippen LogP contribution in [0.5, 0.6) is 0 Å². The summed E-state index contributed by atoms with van der Waals surface area (Å²) in [5.74, 6) is -0.514. The van der Waals surface area contributed by atoms with Gasteiger partial charge in [0.25, 0.3) is 0 Å². The average Bonchev–Trinajstić information content (AvgIpc) is 2.34. The molecule has 0 unspecified atom stereocenters. The fourth-order valence-electron chi connectivity index (χ4n) is 2.50. The van der Waals surface area contributed by atoms with Gasteiger partial charge in [-0.25, -0.2) is 12.7 Å². The molecular formula is C14H27N3O4S. The zero-order chi connectivity index (χ0) is 17.1. The maximum Gasteiger partial charge on any atom is 0.240 e. The van der Waals surface area contributed by atoms with Gasteiger partial charge in [-0.2, -0.15) is 0 Å². The number of sulfonamides is 1. The number of carbonyl (C=O) groups is 2. The molecule has 1 aliphatic rings. The van der Waals surface area contributed by atoms with Crippen LogP contribution in [-0.2, 0) is 19.6 Å². The van der Waals surface area contributed by atoms with Crippen molar-refractivity contribution in [2.45, 2.75) is 39.2 Å². The first-order chi connectivity index (χ1) is 9.90. The Morgan fingerprint density at radius 1 is 1.23 bits per heavy atom. The van der Waals surface area contributed by atoms with Crippen LogP contribution in [0.1, 0.15) is 33.6 Å². The van der Waals surface area contributed by atoms with Gasteiger partial charge >= 0.3 is 0 Å².